The van der Waals surface area contributed by atoms with Crippen LogP contribution in [0.25, 0.3) is 0 Å². The number of rotatable bonds is 7. The number of aromatic nitrogens is 1. The minimum atomic E-state index is -1.01. The molecule has 3 N–H and O–H groups in total. The number of amides is 2. The van der Waals surface area contributed by atoms with Gasteiger partial charge in [-0.2, -0.15) is 0 Å². The number of carboxylic acid groups (broad SMARTS) is 1. The molecule has 6 nitrogen and oxygen atoms in total. The topological polar surface area (TPSA) is 91.3 Å². The molecule has 1 heterocycles. The molecule has 0 aromatic carbocycles. The molecule has 2 atom stereocenters. The van der Waals surface area contributed by atoms with Crippen molar-refractivity contribution in [3.05, 3.63) is 16.1 Å². The lowest BCUT2D eigenvalue weighted by Crippen LogP contribution is -2.49. The molecule has 1 aromatic heterocycles. The van der Waals surface area contributed by atoms with Crippen molar-refractivity contribution in [2.45, 2.75) is 39.7 Å². The lowest BCUT2D eigenvalue weighted by atomic mass is 9.99. The Morgan fingerprint density at radius 1 is 1.50 bits per heavy atom. The fourth-order valence-corrected chi connectivity index (χ4v) is 2.45. The first-order chi connectivity index (χ1) is 9.43. The van der Waals surface area contributed by atoms with E-state index < -0.39 is 18.0 Å². The molecule has 1 unspecified atom stereocenters. The number of aryl methyl sites for hydroxylation is 1. The molecule has 1 aromatic rings. The molecule has 0 aliphatic rings. The molecule has 0 saturated carbocycles. The van der Waals surface area contributed by atoms with Gasteiger partial charge in [0.2, 0.25) is 0 Å². The summed E-state index contributed by atoms with van der Waals surface area (Å²) in [5.74, 6) is -1.12. The van der Waals surface area contributed by atoms with E-state index in [0.717, 1.165) is 10.7 Å². The average Bonchev–Trinajstić information content (AvgIpc) is 2.80. The minimum absolute atomic E-state index is 0.111. The van der Waals surface area contributed by atoms with Crippen LogP contribution in [-0.4, -0.2) is 34.7 Å². The Morgan fingerprint density at radius 3 is 2.70 bits per heavy atom. The maximum atomic E-state index is 11.7. The van der Waals surface area contributed by atoms with Crippen LogP contribution in [0, 0.1) is 12.8 Å². The van der Waals surface area contributed by atoms with E-state index in [0.29, 0.717) is 19.4 Å². The maximum Gasteiger partial charge on any atom is 0.326 e. The number of hydrogen-bond acceptors (Lipinski definition) is 4. The van der Waals surface area contributed by atoms with Gasteiger partial charge in [-0.15, -0.1) is 11.3 Å². The normalized spacial score (nSPS) is 13.6. The number of carbonyl (C=O) groups excluding carboxylic acids is 1. The summed E-state index contributed by atoms with van der Waals surface area (Å²) in [5.41, 5.74) is 0.970. The number of thiazole rings is 1. The van der Waals surface area contributed by atoms with E-state index in [9.17, 15) is 9.59 Å². The third-order valence-corrected chi connectivity index (χ3v) is 4.08. The van der Waals surface area contributed by atoms with Gasteiger partial charge in [0.25, 0.3) is 0 Å². The molecule has 1 rings (SSSR count). The Kier molecular flexibility index (Phi) is 6.44. The van der Waals surface area contributed by atoms with Crippen LogP contribution in [0.3, 0.4) is 0 Å². The molecule has 0 saturated heterocycles. The summed E-state index contributed by atoms with van der Waals surface area (Å²) in [5, 5.41) is 17.1. The standard InChI is InChI=1S/C13H21N3O3S/c1-4-8(2)11(12(17)18)16-13(19)14-6-5-10-15-9(3)7-20-10/h7-8,11H,4-6H2,1-3H3,(H,17,18)(H2,14,16,19)/t8?,11-/m0/s1. The van der Waals surface area contributed by atoms with Crippen LogP contribution >= 0.6 is 11.3 Å². The van der Waals surface area contributed by atoms with E-state index in [-0.39, 0.29) is 5.92 Å². The maximum absolute atomic E-state index is 11.7. The zero-order valence-electron chi connectivity index (χ0n) is 12.0. The molecule has 2 amide bonds. The predicted octanol–water partition coefficient (Wildman–Crippen LogP) is 1.79. The Morgan fingerprint density at radius 2 is 2.20 bits per heavy atom. The number of aliphatic carboxylic acids is 1. The van der Waals surface area contributed by atoms with Gasteiger partial charge < -0.3 is 15.7 Å². The van der Waals surface area contributed by atoms with Gasteiger partial charge in [-0.05, 0) is 12.8 Å². The molecule has 112 valence electrons. The number of carbonyl (C=O) groups is 2. The van der Waals surface area contributed by atoms with Gasteiger partial charge in [0.05, 0.1) is 5.01 Å². The summed E-state index contributed by atoms with van der Waals surface area (Å²) in [6.07, 6.45) is 1.34. The first-order valence-electron chi connectivity index (χ1n) is 6.62. The van der Waals surface area contributed by atoms with Gasteiger partial charge in [-0.25, -0.2) is 14.6 Å². The lowest BCUT2D eigenvalue weighted by Gasteiger charge is -2.20. The first-order valence-corrected chi connectivity index (χ1v) is 7.50. The lowest BCUT2D eigenvalue weighted by molar-refractivity contribution is -0.140. The molecule has 0 aliphatic carbocycles. The van der Waals surface area contributed by atoms with Crippen molar-refractivity contribution < 1.29 is 14.7 Å². The van der Waals surface area contributed by atoms with E-state index in [4.69, 9.17) is 5.11 Å². The second kappa shape index (κ2) is 7.84. The van der Waals surface area contributed by atoms with Gasteiger partial charge in [-0.3, -0.25) is 0 Å². The van der Waals surface area contributed by atoms with Crippen molar-refractivity contribution in [1.29, 1.82) is 0 Å². The third-order valence-electron chi connectivity index (χ3n) is 3.06. The van der Waals surface area contributed by atoms with Crippen LogP contribution in [-0.2, 0) is 11.2 Å². The van der Waals surface area contributed by atoms with Crippen LogP contribution in [0.5, 0.6) is 0 Å². The smallest absolute Gasteiger partial charge is 0.326 e. The van der Waals surface area contributed by atoms with Crippen molar-refractivity contribution in [1.82, 2.24) is 15.6 Å². The highest BCUT2D eigenvalue weighted by atomic mass is 32.1. The highest BCUT2D eigenvalue weighted by Crippen LogP contribution is 2.09. The number of hydrogen-bond donors (Lipinski definition) is 3. The Balaban J connectivity index is 2.36. The van der Waals surface area contributed by atoms with E-state index in [2.05, 4.69) is 15.6 Å². The van der Waals surface area contributed by atoms with E-state index in [1.807, 2.05) is 19.2 Å². The SMILES string of the molecule is CCC(C)[C@H](NC(=O)NCCc1nc(C)cs1)C(=O)O. The van der Waals surface area contributed by atoms with E-state index in [1.165, 1.54) is 0 Å². The molecule has 7 heteroatoms. The monoisotopic (exact) mass is 299 g/mol. The van der Waals surface area contributed by atoms with Gasteiger partial charge >= 0.3 is 12.0 Å². The molecule has 20 heavy (non-hydrogen) atoms. The van der Waals surface area contributed by atoms with E-state index in [1.54, 1.807) is 18.3 Å². The van der Waals surface area contributed by atoms with Gasteiger partial charge in [-0.1, -0.05) is 20.3 Å². The Labute approximate surface area is 122 Å². The highest BCUT2D eigenvalue weighted by molar-refractivity contribution is 7.09. The van der Waals surface area contributed by atoms with Crippen molar-refractivity contribution in [3.8, 4) is 0 Å². The van der Waals surface area contributed by atoms with Crippen molar-refractivity contribution in [2.75, 3.05) is 6.54 Å². The molecule has 0 spiro atoms. The van der Waals surface area contributed by atoms with Gasteiger partial charge in [0.15, 0.2) is 0 Å². The third kappa shape index (κ3) is 5.16. The summed E-state index contributed by atoms with van der Waals surface area (Å²) < 4.78 is 0. The zero-order chi connectivity index (χ0) is 15.1. The van der Waals surface area contributed by atoms with E-state index >= 15 is 0 Å². The Hall–Kier alpha value is -1.63. The highest BCUT2D eigenvalue weighted by Gasteiger charge is 2.24. The molecular weight excluding hydrogens is 278 g/mol. The number of nitrogens with one attached hydrogen (secondary N) is 2. The second-order valence-electron chi connectivity index (χ2n) is 4.73. The number of carboxylic acids is 1. The zero-order valence-corrected chi connectivity index (χ0v) is 12.8. The summed E-state index contributed by atoms with van der Waals surface area (Å²) in [6, 6.07) is -1.31. The number of nitrogens with zero attached hydrogens (tertiary/aromatic N) is 1. The summed E-state index contributed by atoms with van der Waals surface area (Å²) in [7, 11) is 0. The molecular formula is C13H21N3O3S. The molecule has 0 fully saturated rings. The molecule has 0 radical (unpaired) electrons. The van der Waals surface area contributed by atoms with Crippen molar-refractivity contribution in [2.24, 2.45) is 5.92 Å². The fourth-order valence-electron chi connectivity index (χ4n) is 1.68. The van der Waals surface area contributed by atoms with Crippen molar-refractivity contribution in [3.63, 3.8) is 0 Å². The average molecular weight is 299 g/mol. The summed E-state index contributed by atoms with van der Waals surface area (Å²) >= 11 is 1.55. The van der Waals surface area contributed by atoms with Crippen molar-refractivity contribution >= 4 is 23.3 Å². The molecule has 0 bridgehead atoms. The fraction of sp³-hybridized carbons (Fsp3) is 0.615. The Bertz CT molecular complexity index is 461. The minimum Gasteiger partial charge on any atom is -0.480 e. The quantitative estimate of drug-likeness (QED) is 0.716. The molecule has 0 aliphatic heterocycles. The van der Waals surface area contributed by atoms with Crippen LogP contribution in [0.15, 0.2) is 5.38 Å². The van der Waals surface area contributed by atoms with Gasteiger partial charge in [0, 0.05) is 24.0 Å². The summed E-state index contributed by atoms with van der Waals surface area (Å²) in [6.45, 7) is 6.05. The second-order valence-corrected chi connectivity index (χ2v) is 5.68. The van der Waals surface area contributed by atoms with Crippen LogP contribution in [0.4, 0.5) is 4.79 Å². The number of urea groups is 1. The predicted molar refractivity (Wildman–Crippen MR) is 78.0 cm³/mol. The summed E-state index contributed by atoms with van der Waals surface area (Å²) in [4.78, 5) is 27.0. The largest absolute Gasteiger partial charge is 0.480 e. The van der Waals surface area contributed by atoms with Crippen LogP contribution in [0.2, 0.25) is 0 Å². The van der Waals surface area contributed by atoms with Crippen LogP contribution in [0.1, 0.15) is 31.0 Å². The first kappa shape index (κ1) is 16.4. The van der Waals surface area contributed by atoms with Crippen LogP contribution < -0.4 is 10.6 Å². The van der Waals surface area contributed by atoms with Gasteiger partial charge in [0.1, 0.15) is 6.04 Å².